The average Bonchev–Trinajstić information content (AvgIpc) is 3.56. The lowest BCUT2D eigenvalue weighted by Gasteiger charge is -2.42. The van der Waals surface area contributed by atoms with Crippen molar-refractivity contribution in [3.63, 3.8) is 0 Å². The third-order valence-corrected chi connectivity index (χ3v) is 7.56. The molecule has 1 amide bonds. The Bertz CT molecular complexity index is 870. The maximum absolute atomic E-state index is 12.6. The molecular weight excluding hydrogens is 400 g/mol. The number of nitrogens with zero attached hydrogens (tertiary/aromatic N) is 6. The zero-order valence-electron chi connectivity index (χ0n) is 19.1. The van der Waals surface area contributed by atoms with Crippen molar-refractivity contribution in [3.8, 4) is 0 Å². The molecule has 7 nitrogen and oxygen atoms in total. The second kappa shape index (κ2) is 10.1. The molecule has 4 heterocycles. The van der Waals surface area contributed by atoms with Crippen molar-refractivity contribution in [1.82, 2.24) is 29.7 Å². The molecule has 0 saturated carbocycles. The molecule has 3 aliphatic heterocycles. The van der Waals surface area contributed by atoms with Crippen LogP contribution in [0.25, 0.3) is 0 Å². The zero-order chi connectivity index (χ0) is 21.8. The monoisotopic (exact) mass is 436 g/mol. The van der Waals surface area contributed by atoms with E-state index in [0.717, 1.165) is 51.9 Å². The number of carbonyl (C=O) groups is 1. The van der Waals surface area contributed by atoms with Gasteiger partial charge in [-0.05, 0) is 70.1 Å². The summed E-state index contributed by atoms with van der Waals surface area (Å²) in [5.41, 5.74) is 1.94. The molecule has 7 heteroatoms. The Labute approximate surface area is 191 Å². The van der Waals surface area contributed by atoms with Gasteiger partial charge < -0.3 is 9.80 Å². The molecule has 32 heavy (non-hydrogen) atoms. The second-order valence-electron chi connectivity index (χ2n) is 9.68. The molecule has 3 aliphatic rings. The van der Waals surface area contributed by atoms with Gasteiger partial charge in [0.1, 0.15) is 0 Å². The molecule has 0 N–H and O–H groups in total. The van der Waals surface area contributed by atoms with E-state index in [4.69, 9.17) is 0 Å². The first-order chi connectivity index (χ1) is 15.8. The van der Waals surface area contributed by atoms with E-state index in [0.29, 0.717) is 17.8 Å². The van der Waals surface area contributed by atoms with Gasteiger partial charge in [0.05, 0.1) is 12.2 Å². The first-order valence-corrected chi connectivity index (χ1v) is 12.5. The summed E-state index contributed by atoms with van der Waals surface area (Å²) in [7, 11) is 0. The van der Waals surface area contributed by atoms with Crippen LogP contribution < -0.4 is 0 Å². The van der Waals surface area contributed by atoms with Crippen molar-refractivity contribution in [2.24, 2.45) is 0 Å². The molecule has 3 saturated heterocycles. The number of amides is 1. The summed E-state index contributed by atoms with van der Waals surface area (Å²) in [5, 5.41) is 8.59. The maximum atomic E-state index is 12.6. The number of hydrogen-bond acceptors (Lipinski definition) is 5. The molecule has 1 aromatic heterocycles. The van der Waals surface area contributed by atoms with Crippen molar-refractivity contribution in [3.05, 3.63) is 47.8 Å². The average molecular weight is 437 g/mol. The maximum Gasteiger partial charge on any atom is 0.276 e. The smallest absolute Gasteiger partial charge is 0.276 e. The summed E-state index contributed by atoms with van der Waals surface area (Å²) in [5.74, 6) is 0.0456. The summed E-state index contributed by atoms with van der Waals surface area (Å²) >= 11 is 0. The Morgan fingerprint density at radius 1 is 0.906 bits per heavy atom. The van der Waals surface area contributed by atoms with Gasteiger partial charge in [-0.25, -0.2) is 4.68 Å². The highest BCUT2D eigenvalue weighted by molar-refractivity contribution is 5.92. The van der Waals surface area contributed by atoms with Gasteiger partial charge in [-0.2, -0.15) is 0 Å². The first-order valence-electron chi connectivity index (χ1n) is 12.5. The van der Waals surface area contributed by atoms with Crippen molar-refractivity contribution in [2.75, 3.05) is 45.8 Å². The van der Waals surface area contributed by atoms with Gasteiger partial charge in [0.2, 0.25) is 0 Å². The minimum absolute atomic E-state index is 0.0456. The first kappa shape index (κ1) is 21.6. The van der Waals surface area contributed by atoms with Crippen LogP contribution in [0.2, 0.25) is 0 Å². The number of carbonyl (C=O) groups excluding carboxylic acids is 1. The number of hydrogen-bond donors (Lipinski definition) is 0. The molecule has 0 radical (unpaired) electrons. The zero-order valence-corrected chi connectivity index (χ0v) is 19.1. The van der Waals surface area contributed by atoms with Crippen LogP contribution in [0.5, 0.6) is 0 Å². The van der Waals surface area contributed by atoms with Crippen LogP contribution in [0.3, 0.4) is 0 Å². The number of benzene rings is 1. The standard InChI is InChI=1S/C25H36N6O/c32-25(29-13-4-5-14-29)24-20-31(27-26-24)23-9-6-15-30(19-23)22-11-17-28(18-12-22)16-10-21-7-2-1-3-8-21/h1-3,7-8,20,22-23H,4-6,9-19H2. The van der Waals surface area contributed by atoms with Crippen molar-refractivity contribution in [1.29, 1.82) is 0 Å². The molecule has 1 atom stereocenters. The predicted octanol–water partition coefficient (Wildman–Crippen LogP) is 2.86. The number of rotatable bonds is 6. The Morgan fingerprint density at radius 3 is 2.47 bits per heavy atom. The van der Waals surface area contributed by atoms with Gasteiger partial charge >= 0.3 is 0 Å². The van der Waals surface area contributed by atoms with E-state index in [1.165, 1.54) is 44.5 Å². The number of piperidine rings is 2. The van der Waals surface area contributed by atoms with E-state index in [2.05, 4.69) is 50.4 Å². The second-order valence-corrected chi connectivity index (χ2v) is 9.68. The van der Waals surface area contributed by atoms with E-state index in [1.807, 2.05) is 15.8 Å². The summed E-state index contributed by atoms with van der Waals surface area (Å²) < 4.78 is 1.96. The molecular formula is C25H36N6O. The molecule has 172 valence electrons. The molecule has 0 bridgehead atoms. The van der Waals surface area contributed by atoms with Crippen LogP contribution in [0, 0.1) is 0 Å². The molecule has 0 aliphatic carbocycles. The van der Waals surface area contributed by atoms with Crippen LogP contribution >= 0.6 is 0 Å². The third-order valence-electron chi connectivity index (χ3n) is 7.56. The van der Waals surface area contributed by atoms with Crippen molar-refractivity contribution >= 4 is 5.91 Å². The molecule has 1 aromatic carbocycles. The highest BCUT2D eigenvalue weighted by Gasteiger charge is 2.31. The number of likely N-dealkylation sites (tertiary alicyclic amines) is 3. The lowest BCUT2D eigenvalue weighted by Crippen LogP contribution is -2.49. The van der Waals surface area contributed by atoms with E-state index >= 15 is 0 Å². The molecule has 5 rings (SSSR count). The summed E-state index contributed by atoms with van der Waals surface area (Å²) in [6, 6.07) is 11.8. The Hall–Kier alpha value is -2.25. The van der Waals surface area contributed by atoms with Gasteiger partial charge in [0.15, 0.2) is 5.69 Å². The fourth-order valence-electron chi connectivity index (χ4n) is 5.61. The van der Waals surface area contributed by atoms with Crippen LogP contribution in [0.1, 0.15) is 60.6 Å². The minimum atomic E-state index is 0.0456. The van der Waals surface area contributed by atoms with Crippen LogP contribution in [0.4, 0.5) is 0 Å². The Morgan fingerprint density at radius 2 is 1.69 bits per heavy atom. The quantitative estimate of drug-likeness (QED) is 0.697. The van der Waals surface area contributed by atoms with Crippen LogP contribution in [-0.4, -0.2) is 87.5 Å². The van der Waals surface area contributed by atoms with Crippen LogP contribution in [0.15, 0.2) is 36.5 Å². The minimum Gasteiger partial charge on any atom is -0.337 e. The Balaban J connectivity index is 1.11. The Kier molecular flexibility index (Phi) is 6.83. The van der Waals surface area contributed by atoms with Crippen LogP contribution in [-0.2, 0) is 6.42 Å². The lowest BCUT2D eigenvalue weighted by molar-refractivity contribution is 0.0711. The van der Waals surface area contributed by atoms with E-state index in [-0.39, 0.29) is 5.91 Å². The summed E-state index contributed by atoms with van der Waals surface area (Å²) in [4.78, 5) is 19.8. The predicted molar refractivity (Wildman–Crippen MR) is 125 cm³/mol. The molecule has 1 unspecified atom stereocenters. The van der Waals surface area contributed by atoms with Gasteiger partial charge in [0.25, 0.3) is 5.91 Å². The van der Waals surface area contributed by atoms with E-state index in [9.17, 15) is 4.79 Å². The van der Waals surface area contributed by atoms with Crippen molar-refractivity contribution in [2.45, 2.75) is 57.0 Å². The normalized spacial score (nSPS) is 23.6. The van der Waals surface area contributed by atoms with E-state index in [1.54, 1.807) is 0 Å². The topological polar surface area (TPSA) is 57.5 Å². The molecule has 3 fully saturated rings. The van der Waals surface area contributed by atoms with Crippen molar-refractivity contribution < 1.29 is 4.79 Å². The van der Waals surface area contributed by atoms with Gasteiger partial charge in [-0.3, -0.25) is 9.69 Å². The third kappa shape index (κ3) is 5.04. The van der Waals surface area contributed by atoms with E-state index < -0.39 is 0 Å². The summed E-state index contributed by atoms with van der Waals surface area (Å²) in [6.45, 7) is 7.45. The molecule has 2 aromatic rings. The fraction of sp³-hybridized carbons (Fsp3) is 0.640. The highest BCUT2D eigenvalue weighted by Crippen LogP contribution is 2.26. The van der Waals surface area contributed by atoms with Gasteiger partial charge in [0, 0.05) is 32.2 Å². The number of aromatic nitrogens is 3. The largest absolute Gasteiger partial charge is 0.337 e. The van der Waals surface area contributed by atoms with Gasteiger partial charge in [-0.15, -0.1) is 5.10 Å². The molecule has 0 spiro atoms. The van der Waals surface area contributed by atoms with Gasteiger partial charge in [-0.1, -0.05) is 35.5 Å². The fourth-order valence-corrected chi connectivity index (χ4v) is 5.61. The highest BCUT2D eigenvalue weighted by atomic mass is 16.2. The SMILES string of the molecule is O=C(c1cn(C2CCCN(C3CCN(CCc4ccccc4)CC3)C2)nn1)N1CCCC1. The summed E-state index contributed by atoms with van der Waals surface area (Å²) in [6.07, 6.45) is 10.0. The lowest BCUT2D eigenvalue weighted by atomic mass is 9.97.